The summed E-state index contributed by atoms with van der Waals surface area (Å²) < 4.78 is 6.41. The SMILES string of the molecule is O=C(c1cc(N[C@H]2CCCC[C@@H]2OC2CCCC2)ccc1[N+](=O)[O-])N1CCCC1. The number of anilines is 1. The number of carbonyl (C=O) groups excluding carboxylic acids is 1. The van der Waals surface area contributed by atoms with Gasteiger partial charge >= 0.3 is 0 Å². The summed E-state index contributed by atoms with van der Waals surface area (Å²) in [6.07, 6.45) is 11.6. The van der Waals surface area contributed by atoms with Crippen LogP contribution in [0, 0.1) is 10.1 Å². The van der Waals surface area contributed by atoms with Crippen molar-refractivity contribution in [2.45, 2.75) is 82.5 Å². The van der Waals surface area contributed by atoms with Crippen LogP contribution in [0.5, 0.6) is 0 Å². The summed E-state index contributed by atoms with van der Waals surface area (Å²) in [5.74, 6) is -0.236. The topological polar surface area (TPSA) is 84.7 Å². The highest BCUT2D eigenvalue weighted by Crippen LogP contribution is 2.31. The van der Waals surface area contributed by atoms with Gasteiger partial charge in [-0.15, -0.1) is 0 Å². The minimum atomic E-state index is -0.459. The van der Waals surface area contributed by atoms with Crippen molar-refractivity contribution in [1.29, 1.82) is 0 Å². The summed E-state index contributed by atoms with van der Waals surface area (Å²) in [6.45, 7) is 1.35. The van der Waals surface area contributed by atoms with Gasteiger partial charge in [0.05, 0.1) is 23.2 Å². The van der Waals surface area contributed by atoms with Gasteiger partial charge in [0.1, 0.15) is 5.56 Å². The van der Waals surface area contributed by atoms with Gasteiger partial charge < -0.3 is 15.0 Å². The van der Waals surface area contributed by atoms with Gasteiger partial charge in [-0.05, 0) is 50.7 Å². The monoisotopic (exact) mass is 401 g/mol. The zero-order chi connectivity index (χ0) is 20.2. The molecular formula is C22H31N3O4. The van der Waals surface area contributed by atoms with Gasteiger partial charge in [-0.25, -0.2) is 0 Å². The number of benzene rings is 1. The number of carbonyl (C=O) groups is 1. The Morgan fingerprint density at radius 3 is 2.45 bits per heavy atom. The van der Waals surface area contributed by atoms with Crippen LogP contribution in [-0.4, -0.2) is 47.1 Å². The largest absolute Gasteiger partial charge is 0.380 e. The molecule has 7 heteroatoms. The molecule has 4 rings (SSSR count). The molecule has 0 spiro atoms. The lowest BCUT2D eigenvalue weighted by molar-refractivity contribution is -0.385. The molecule has 1 aliphatic heterocycles. The highest BCUT2D eigenvalue weighted by atomic mass is 16.6. The average Bonchev–Trinajstić information content (AvgIpc) is 3.43. The molecule has 1 N–H and O–H groups in total. The van der Waals surface area contributed by atoms with Crippen LogP contribution in [0.15, 0.2) is 18.2 Å². The number of hydrogen-bond acceptors (Lipinski definition) is 5. The third-order valence-electron chi connectivity index (χ3n) is 6.54. The van der Waals surface area contributed by atoms with E-state index in [0.29, 0.717) is 19.2 Å². The van der Waals surface area contributed by atoms with Crippen LogP contribution in [0.3, 0.4) is 0 Å². The van der Waals surface area contributed by atoms with Crippen molar-refractivity contribution < 1.29 is 14.5 Å². The van der Waals surface area contributed by atoms with Crippen molar-refractivity contribution in [3.05, 3.63) is 33.9 Å². The predicted molar refractivity (Wildman–Crippen MR) is 111 cm³/mol. The molecule has 3 fully saturated rings. The first-order chi connectivity index (χ1) is 14.1. The van der Waals surface area contributed by atoms with E-state index < -0.39 is 4.92 Å². The number of nitrogens with one attached hydrogen (secondary N) is 1. The van der Waals surface area contributed by atoms with Crippen molar-refractivity contribution in [2.75, 3.05) is 18.4 Å². The zero-order valence-corrected chi connectivity index (χ0v) is 17.0. The quantitative estimate of drug-likeness (QED) is 0.560. The van der Waals surface area contributed by atoms with Crippen LogP contribution in [-0.2, 0) is 4.74 Å². The van der Waals surface area contributed by atoms with E-state index in [9.17, 15) is 14.9 Å². The second kappa shape index (κ2) is 9.11. The molecule has 158 valence electrons. The lowest BCUT2D eigenvalue weighted by Gasteiger charge is -2.34. The molecule has 7 nitrogen and oxygen atoms in total. The lowest BCUT2D eigenvalue weighted by Crippen LogP contribution is -2.40. The molecule has 1 aromatic carbocycles. The molecule has 29 heavy (non-hydrogen) atoms. The number of hydrogen-bond donors (Lipinski definition) is 1. The molecule has 0 unspecified atom stereocenters. The van der Waals surface area contributed by atoms with Crippen LogP contribution in [0.2, 0.25) is 0 Å². The van der Waals surface area contributed by atoms with Gasteiger partial charge in [0.25, 0.3) is 11.6 Å². The number of nitro benzene ring substituents is 1. The Morgan fingerprint density at radius 1 is 1.03 bits per heavy atom. The van der Waals surface area contributed by atoms with E-state index in [-0.39, 0.29) is 29.3 Å². The second-order valence-electron chi connectivity index (χ2n) is 8.60. The fraction of sp³-hybridized carbons (Fsp3) is 0.682. The Balaban J connectivity index is 1.51. The van der Waals surface area contributed by atoms with Crippen LogP contribution in [0.1, 0.15) is 74.6 Å². The first kappa shape index (κ1) is 20.1. The van der Waals surface area contributed by atoms with Crippen molar-refractivity contribution in [2.24, 2.45) is 0 Å². The number of ether oxygens (including phenoxy) is 1. The van der Waals surface area contributed by atoms with Crippen molar-refractivity contribution in [3.63, 3.8) is 0 Å². The Hall–Kier alpha value is -2.15. The summed E-state index contributed by atoms with van der Waals surface area (Å²) in [6, 6.07) is 5.03. The van der Waals surface area contributed by atoms with Crippen LogP contribution in [0.25, 0.3) is 0 Å². The highest BCUT2D eigenvalue weighted by Gasteiger charge is 2.31. The number of amides is 1. The van der Waals surface area contributed by atoms with Gasteiger partial charge in [0, 0.05) is 24.8 Å². The molecule has 2 saturated carbocycles. The maximum atomic E-state index is 12.9. The van der Waals surface area contributed by atoms with Crippen LogP contribution >= 0.6 is 0 Å². The van der Waals surface area contributed by atoms with E-state index in [1.807, 2.05) is 0 Å². The molecule has 1 amide bonds. The third kappa shape index (κ3) is 4.71. The molecule has 3 aliphatic rings. The van der Waals surface area contributed by atoms with Gasteiger partial charge in [-0.2, -0.15) is 0 Å². The third-order valence-corrected chi connectivity index (χ3v) is 6.54. The first-order valence-corrected chi connectivity index (χ1v) is 11.1. The van der Waals surface area contributed by atoms with Crippen LogP contribution in [0.4, 0.5) is 11.4 Å². The second-order valence-corrected chi connectivity index (χ2v) is 8.60. The molecule has 2 aliphatic carbocycles. The minimum Gasteiger partial charge on any atom is -0.380 e. The molecule has 1 aromatic rings. The van der Waals surface area contributed by atoms with E-state index >= 15 is 0 Å². The van der Waals surface area contributed by atoms with Crippen LogP contribution < -0.4 is 5.32 Å². The van der Waals surface area contributed by atoms with E-state index in [4.69, 9.17) is 4.74 Å². The van der Waals surface area contributed by atoms with E-state index in [0.717, 1.165) is 50.6 Å². The average molecular weight is 402 g/mol. The van der Waals surface area contributed by atoms with Crippen molar-refractivity contribution in [1.82, 2.24) is 4.90 Å². The van der Waals surface area contributed by atoms with E-state index in [1.165, 1.54) is 25.3 Å². The molecule has 0 bridgehead atoms. The fourth-order valence-corrected chi connectivity index (χ4v) is 4.96. The maximum absolute atomic E-state index is 12.9. The Bertz CT molecular complexity index is 742. The van der Waals surface area contributed by atoms with Crippen molar-refractivity contribution in [3.8, 4) is 0 Å². The molecule has 2 atom stereocenters. The normalized spacial score (nSPS) is 25.3. The molecular weight excluding hydrogens is 370 g/mol. The Morgan fingerprint density at radius 2 is 1.72 bits per heavy atom. The van der Waals surface area contributed by atoms with E-state index in [1.54, 1.807) is 17.0 Å². The summed E-state index contributed by atoms with van der Waals surface area (Å²) in [5, 5.41) is 15.0. The lowest BCUT2D eigenvalue weighted by atomic mass is 9.91. The number of likely N-dealkylation sites (tertiary alicyclic amines) is 1. The van der Waals surface area contributed by atoms with Gasteiger partial charge in [0.15, 0.2) is 0 Å². The molecule has 0 radical (unpaired) electrons. The molecule has 1 heterocycles. The summed E-state index contributed by atoms with van der Waals surface area (Å²) in [7, 11) is 0. The minimum absolute atomic E-state index is 0.116. The van der Waals surface area contributed by atoms with Crippen molar-refractivity contribution >= 4 is 17.3 Å². The predicted octanol–water partition coefficient (Wildman–Crippen LogP) is 4.51. The molecule has 0 aromatic heterocycles. The smallest absolute Gasteiger partial charge is 0.282 e. The summed E-state index contributed by atoms with van der Waals surface area (Å²) in [4.78, 5) is 25.6. The molecule has 1 saturated heterocycles. The highest BCUT2D eigenvalue weighted by molar-refractivity contribution is 5.99. The maximum Gasteiger partial charge on any atom is 0.282 e. The van der Waals surface area contributed by atoms with Gasteiger partial charge in [-0.3, -0.25) is 14.9 Å². The fourth-order valence-electron chi connectivity index (χ4n) is 4.96. The number of rotatable bonds is 6. The Labute approximate surface area is 171 Å². The zero-order valence-electron chi connectivity index (χ0n) is 17.0. The van der Waals surface area contributed by atoms with Gasteiger partial charge in [0.2, 0.25) is 0 Å². The summed E-state index contributed by atoms with van der Waals surface area (Å²) >= 11 is 0. The van der Waals surface area contributed by atoms with Gasteiger partial charge in [-0.1, -0.05) is 25.7 Å². The summed E-state index contributed by atoms with van der Waals surface area (Å²) in [5.41, 5.74) is 0.839. The Kier molecular flexibility index (Phi) is 6.33. The number of nitrogens with zero attached hydrogens (tertiary/aromatic N) is 2. The number of nitro groups is 1. The standard InChI is InChI=1S/C22H31N3O4/c26-22(24-13-5-6-14-24)18-15-16(11-12-20(18)25(27)28)23-19-9-3-4-10-21(19)29-17-7-1-2-8-17/h11-12,15,17,19,21,23H,1-10,13-14H2/t19-,21-/m0/s1. The first-order valence-electron chi connectivity index (χ1n) is 11.1. The van der Waals surface area contributed by atoms with E-state index in [2.05, 4.69) is 5.32 Å².